The van der Waals surface area contributed by atoms with Gasteiger partial charge >= 0.3 is 0 Å². The lowest BCUT2D eigenvalue weighted by molar-refractivity contribution is 0.102. The molecule has 1 amide bonds. The molecule has 19 heavy (non-hydrogen) atoms. The second-order valence-corrected chi connectivity index (χ2v) is 4.14. The predicted octanol–water partition coefficient (Wildman–Crippen LogP) is 3.17. The Hall–Kier alpha value is -2.14. The van der Waals surface area contributed by atoms with Gasteiger partial charge in [0.25, 0.3) is 5.91 Å². The molecule has 0 spiro atoms. The van der Waals surface area contributed by atoms with Crippen LogP contribution in [0.4, 0.5) is 15.9 Å². The van der Waals surface area contributed by atoms with Gasteiger partial charge in [-0.25, -0.2) is 9.37 Å². The van der Waals surface area contributed by atoms with Crippen molar-refractivity contribution in [1.29, 1.82) is 0 Å². The maximum atomic E-state index is 13.4. The Morgan fingerprint density at radius 1 is 1.37 bits per heavy atom. The van der Waals surface area contributed by atoms with Crippen molar-refractivity contribution in [2.24, 2.45) is 0 Å². The quantitative estimate of drug-likeness (QED) is 0.907. The number of aromatic nitrogens is 1. The number of halogens is 2. The van der Waals surface area contributed by atoms with Crippen molar-refractivity contribution >= 4 is 29.0 Å². The molecule has 0 aliphatic carbocycles. The first-order valence-corrected chi connectivity index (χ1v) is 5.89. The van der Waals surface area contributed by atoms with Gasteiger partial charge in [0.15, 0.2) is 0 Å². The maximum Gasteiger partial charge on any atom is 0.257 e. The molecular formula is C13H11ClFN3O. The summed E-state index contributed by atoms with van der Waals surface area (Å²) >= 11 is 5.91. The first-order valence-electron chi connectivity index (χ1n) is 5.51. The van der Waals surface area contributed by atoms with Crippen LogP contribution in [0.15, 0.2) is 36.5 Å². The number of rotatable bonds is 3. The van der Waals surface area contributed by atoms with E-state index in [2.05, 4.69) is 15.6 Å². The second-order valence-electron chi connectivity index (χ2n) is 3.73. The van der Waals surface area contributed by atoms with Crippen LogP contribution in [0.3, 0.4) is 0 Å². The van der Waals surface area contributed by atoms with Crippen molar-refractivity contribution in [2.45, 2.75) is 0 Å². The van der Waals surface area contributed by atoms with Gasteiger partial charge in [-0.3, -0.25) is 4.79 Å². The third-order valence-electron chi connectivity index (χ3n) is 2.48. The van der Waals surface area contributed by atoms with E-state index >= 15 is 0 Å². The lowest BCUT2D eigenvalue weighted by atomic mass is 10.2. The molecule has 1 aromatic heterocycles. The van der Waals surface area contributed by atoms with Crippen molar-refractivity contribution in [3.05, 3.63) is 52.9 Å². The zero-order valence-electron chi connectivity index (χ0n) is 10.1. The van der Waals surface area contributed by atoms with Crippen LogP contribution < -0.4 is 10.6 Å². The Bertz CT molecular complexity index is 619. The third kappa shape index (κ3) is 3.00. The van der Waals surface area contributed by atoms with Crippen molar-refractivity contribution in [2.75, 3.05) is 17.7 Å². The largest absolute Gasteiger partial charge is 0.373 e. The van der Waals surface area contributed by atoms with Gasteiger partial charge in [-0.2, -0.15) is 0 Å². The summed E-state index contributed by atoms with van der Waals surface area (Å²) in [4.78, 5) is 16.0. The summed E-state index contributed by atoms with van der Waals surface area (Å²) in [6, 6.07) is 7.41. The first kappa shape index (κ1) is 13.3. The number of anilines is 2. The molecule has 2 aromatic rings. The van der Waals surface area contributed by atoms with E-state index in [1.807, 2.05) is 0 Å². The number of pyridine rings is 1. The fourth-order valence-electron chi connectivity index (χ4n) is 1.50. The Labute approximate surface area is 114 Å². The highest BCUT2D eigenvalue weighted by atomic mass is 35.5. The molecule has 2 rings (SSSR count). The highest BCUT2D eigenvalue weighted by Crippen LogP contribution is 2.20. The highest BCUT2D eigenvalue weighted by Gasteiger charge is 2.13. The first-order chi connectivity index (χ1) is 9.11. The summed E-state index contributed by atoms with van der Waals surface area (Å²) in [6.07, 6.45) is 1.36. The Kier molecular flexibility index (Phi) is 3.97. The van der Waals surface area contributed by atoms with Crippen LogP contribution in [-0.4, -0.2) is 17.9 Å². The summed E-state index contributed by atoms with van der Waals surface area (Å²) in [5.74, 6) is -0.494. The lowest BCUT2D eigenvalue weighted by Crippen LogP contribution is -2.14. The molecule has 1 heterocycles. The number of hydrogen-bond donors (Lipinski definition) is 2. The number of nitrogens with zero attached hydrogens (tertiary/aromatic N) is 1. The molecule has 0 saturated heterocycles. The molecule has 1 aromatic carbocycles. The van der Waals surface area contributed by atoms with Crippen LogP contribution in [0.1, 0.15) is 10.4 Å². The summed E-state index contributed by atoms with van der Waals surface area (Å²) < 4.78 is 13.4. The molecule has 0 unspecified atom stereocenters. The van der Waals surface area contributed by atoms with Crippen molar-refractivity contribution in [1.82, 2.24) is 4.98 Å². The van der Waals surface area contributed by atoms with Gasteiger partial charge in [0, 0.05) is 13.2 Å². The smallest absolute Gasteiger partial charge is 0.257 e. The van der Waals surface area contributed by atoms with Gasteiger partial charge in [-0.15, -0.1) is 0 Å². The monoisotopic (exact) mass is 279 g/mol. The zero-order chi connectivity index (χ0) is 13.8. The number of hydrogen-bond acceptors (Lipinski definition) is 3. The average Bonchev–Trinajstić information content (AvgIpc) is 2.42. The summed E-state index contributed by atoms with van der Waals surface area (Å²) in [6.45, 7) is 0. The lowest BCUT2D eigenvalue weighted by Gasteiger charge is -2.08. The third-order valence-corrected chi connectivity index (χ3v) is 2.78. The van der Waals surface area contributed by atoms with Crippen LogP contribution in [0.25, 0.3) is 0 Å². The van der Waals surface area contributed by atoms with E-state index in [1.54, 1.807) is 19.2 Å². The van der Waals surface area contributed by atoms with Crippen LogP contribution in [0.2, 0.25) is 5.02 Å². The van der Waals surface area contributed by atoms with Crippen LogP contribution in [-0.2, 0) is 0 Å². The van der Waals surface area contributed by atoms with Crippen LogP contribution in [0.5, 0.6) is 0 Å². The standard InChI is InChI=1S/C13H11ClFN3O/c1-16-12-6-8(9(14)7-17-12)13(19)18-11-5-3-2-4-10(11)15/h2-7H,1H3,(H,16,17)(H,18,19). The minimum absolute atomic E-state index is 0.103. The van der Waals surface area contributed by atoms with Gasteiger partial charge in [0.05, 0.1) is 16.3 Å². The molecule has 0 fully saturated rings. The molecule has 4 nitrogen and oxygen atoms in total. The van der Waals surface area contributed by atoms with E-state index in [0.717, 1.165) is 0 Å². The van der Waals surface area contributed by atoms with Crippen molar-refractivity contribution in [3.63, 3.8) is 0 Å². The Morgan fingerprint density at radius 2 is 2.11 bits per heavy atom. The van der Waals surface area contributed by atoms with E-state index in [1.165, 1.54) is 24.4 Å². The maximum absolute atomic E-state index is 13.4. The summed E-state index contributed by atoms with van der Waals surface area (Å²) in [5, 5.41) is 5.47. The van der Waals surface area contributed by atoms with E-state index < -0.39 is 11.7 Å². The molecule has 0 aliphatic heterocycles. The van der Waals surface area contributed by atoms with Gasteiger partial charge in [0.2, 0.25) is 0 Å². The van der Waals surface area contributed by atoms with Gasteiger partial charge in [-0.1, -0.05) is 23.7 Å². The number of benzene rings is 1. The number of carbonyl (C=O) groups is 1. The molecule has 0 atom stereocenters. The van der Waals surface area contributed by atoms with E-state index in [4.69, 9.17) is 11.6 Å². The molecule has 6 heteroatoms. The molecule has 2 N–H and O–H groups in total. The summed E-state index contributed by atoms with van der Waals surface area (Å²) in [7, 11) is 1.68. The molecule has 98 valence electrons. The Morgan fingerprint density at radius 3 is 2.79 bits per heavy atom. The fraction of sp³-hybridized carbons (Fsp3) is 0.0769. The molecule has 0 bridgehead atoms. The highest BCUT2D eigenvalue weighted by molar-refractivity contribution is 6.34. The Balaban J connectivity index is 2.28. The predicted molar refractivity (Wildman–Crippen MR) is 73.1 cm³/mol. The molecular weight excluding hydrogens is 269 g/mol. The van der Waals surface area contributed by atoms with Crippen LogP contribution >= 0.6 is 11.6 Å². The van der Waals surface area contributed by atoms with Crippen molar-refractivity contribution in [3.8, 4) is 0 Å². The second kappa shape index (κ2) is 5.67. The van der Waals surface area contributed by atoms with E-state index in [-0.39, 0.29) is 16.3 Å². The van der Waals surface area contributed by atoms with Crippen LogP contribution in [0, 0.1) is 5.82 Å². The molecule has 0 aliphatic rings. The van der Waals surface area contributed by atoms with Gasteiger partial charge in [-0.05, 0) is 18.2 Å². The van der Waals surface area contributed by atoms with E-state index in [0.29, 0.717) is 5.82 Å². The minimum Gasteiger partial charge on any atom is -0.373 e. The van der Waals surface area contributed by atoms with Crippen molar-refractivity contribution < 1.29 is 9.18 Å². The average molecular weight is 280 g/mol. The number of para-hydroxylation sites is 1. The molecule has 0 saturated carbocycles. The molecule has 0 radical (unpaired) electrons. The topological polar surface area (TPSA) is 54.0 Å². The van der Waals surface area contributed by atoms with Gasteiger partial charge < -0.3 is 10.6 Å². The number of carbonyl (C=O) groups excluding carboxylic acids is 1. The number of nitrogens with one attached hydrogen (secondary N) is 2. The van der Waals surface area contributed by atoms with E-state index in [9.17, 15) is 9.18 Å². The minimum atomic E-state index is -0.505. The normalized spacial score (nSPS) is 10.1. The summed E-state index contributed by atoms with van der Waals surface area (Å²) in [5.41, 5.74) is 0.329. The number of amides is 1. The zero-order valence-corrected chi connectivity index (χ0v) is 10.8. The van der Waals surface area contributed by atoms with Gasteiger partial charge in [0.1, 0.15) is 11.6 Å². The SMILES string of the molecule is CNc1cc(C(=O)Nc2ccccc2F)c(Cl)cn1. The fourth-order valence-corrected chi connectivity index (χ4v) is 1.69.